The van der Waals surface area contributed by atoms with Crippen molar-refractivity contribution in [1.29, 1.82) is 0 Å². The van der Waals surface area contributed by atoms with Crippen LogP contribution in [0.1, 0.15) is 0 Å². The van der Waals surface area contributed by atoms with Gasteiger partial charge in [0.05, 0.1) is 5.75 Å². The minimum atomic E-state index is -0.0843. The van der Waals surface area contributed by atoms with Crippen LogP contribution in [0.2, 0.25) is 5.02 Å². The molecule has 8 heteroatoms. The fourth-order valence-electron chi connectivity index (χ4n) is 3.28. The highest BCUT2D eigenvalue weighted by atomic mass is 35.5. The zero-order valence-corrected chi connectivity index (χ0v) is 17.9. The van der Waals surface area contributed by atoms with Crippen LogP contribution in [0.4, 0.5) is 17.2 Å². The van der Waals surface area contributed by atoms with Crippen LogP contribution in [0.15, 0.2) is 72.0 Å². The molecule has 1 amide bonds. The van der Waals surface area contributed by atoms with Crippen LogP contribution < -0.4 is 15.1 Å². The van der Waals surface area contributed by atoms with Gasteiger partial charge >= 0.3 is 0 Å². The van der Waals surface area contributed by atoms with Crippen LogP contribution in [-0.4, -0.2) is 47.8 Å². The van der Waals surface area contributed by atoms with Crippen molar-refractivity contribution < 1.29 is 4.79 Å². The number of anilines is 3. The van der Waals surface area contributed by atoms with Crippen LogP contribution in [0.3, 0.4) is 0 Å². The number of hydrogen-bond acceptors (Lipinski definition) is 6. The second kappa shape index (κ2) is 9.82. The largest absolute Gasteiger partial charge is 0.368 e. The lowest BCUT2D eigenvalue weighted by atomic mass is 10.2. The first-order valence-corrected chi connectivity index (χ1v) is 11.1. The summed E-state index contributed by atoms with van der Waals surface area (Å²) in [5.74, 6) is 1.10. The number of nitrogens with zero attached hydrogens (tertiary/aromatic N) is 4. The van der Waals surface area contributed by atoms with Crippen molar-refractivity contribution in [2.45, 2.75) is 5.03 Å². The second-order valence-electron chi connectivity index (χ2n) is 6.87. The molecule has 1 N–H and O–H groups in total. The maximum Gasteiger partial charge on any atom is 0.234 e. The highest BCUT2D eigenvalue weighted by Gasteiger charge is 2.19. The number of piperazine rings is 1. The summed E-state index contributed by atoms with van der Waals surface area (Å²) in [5, 5.41) is 4.29. The molecular weight excluding hydrogens is 418 g/mol. The monoisotopic (exact) mass is 439 g/mol. The number of carbonyl (C=O) groups excluding carboxylic acids is 1. The number of benzene rings is 2. The number of aromatic nitrogens is 2. The summed E-state index contributed by atoms with van der Waals surface area (Å²) in [6, 6.07) is 19.5. The molecule has 0 atom stereocenters. The van der Waals surface area contributed by atoms with E-state index in [1.165, 1.54) is 17.4 Å². The van der Waals surface area contributed by atoms with E-state index in [0.29, 0.717) is 5.02 Å². The molecule has 1 aliphatic heterocycles. The molecule has 30 heavy (non-hydrogen) atoms. The number of hydrogen-bond donors (Lipinski definition) is 1. The first-order chi connectivity index (χ1) is 14.7. The minimum absolute atomic E-state index is 0.0843. The molecule has 0 spiro atoms. The van der Waals surface area contributed by atoms with Crippen molar-refractivity contribution in [3.05, 3.63) is 72.0 Å². The van der Waals surface area contributed by atoms with Crippen molar-refractivity contribution in [2.75, 3.05) is 47.0 Å². The molecule has 2 heterocycles. The van der Waals surface area contributed by atoms with E-state index < -0.39 is 0 Å². The summed E-state index contributed by atoms with van der Waals surface area (Å²) in [6.45, 7) is 3.68. The first kappa shape index (κ1) is 20.5. The minimum Gasteiger partial charge on any atom is -0.368 e. The molecule has 0 bridgehead atoms. The van der Waals surface area contributed by atoms with Crippen LogP contribution in [0.25, 0.3) is 0 Å². The Morgan fingerprint density at radius 1 is 0.967 bits per heavy atom. The Bertz CT molecular complexity index is 978. The highest BCUT2D eigenvalue weighted by Crippen LogP contribution is 2.23. The maximum absolute atomic E-state index is 12.2. The maximum atomic E-state index is 12.2. The lowest BCUT2D eigenvalue weighted by Crippen LogP contribution is -2.46. The number of carbonyl (C=O) groups is 1. The fourth-order valence-corrected chi connectivity index (χ4v) is 4.07. The molecule has 1 fully saturated rings. The molecular formula is C22H22ClN5OS. The van der Waals surface area contributed by atoms with Crippen molar-refractivity contribution in [3.63, 3.8) is 0 Å². The Balaban J connectivity index is 1.30. The Morgan fingerprint density at radius 2 is 1.67 bits per heavy atom. The molecule has 3 aromatic rings. The van der Waals surface area contributed by atoms with Crippen molar-refractivity contribution in [1.82, 2.24) is 9.97 Å². The van der Waals surface area contributed by atoms with Crippen molar-refractivity contribution >= 4 is 46.5 Å². The fraction of sp³-hybridized carbons (Fsp3) is 0.227. The quantitative estimate of drug-likeness (QED) is 0.459. The molecule has 1 saturated heterocycles. The average Bonchev–Trinajstić information content (AvgIpc) is 2.80. The van der Waals surface area contributed by atoms with Gasteiger partial charge in [0.15, 0.2) is 0 Å². The highest BCUT2D eigenvalue weighted by molar-refractivity contribution is 7.99. The first-order valence-electron chi connectivity index (χ1n) is 9.72. The van der Waals surface area contributed by atoms with E-state index in [1.807, 2.05) is 12.1 Å². The lowest BCUT2D eigenvalue weighted by molar-refractivity contribution is -0.113. The Labute approximate surface area is 185 Å². The predicted octanol–water partition coefficient (Wildman–Crippen LogP) is 4.19. The summed E-state index contributed by atoms with van der Waals surface area (Å²) >= 11 is 7.27. The van der Waals surface area contributed by atoms with E-state index in [1.54, 1.807) is 30.6 Å². The summed E-state index contributed by atoms with van der Waals surface area (Å²) in [4.78, 5) is 25.6. The average molecular weight is 440 g/mol. The summed E-state index contributed by atoms with van der Waals surface area (Å²) in [7, 11) is 0. The summed E-state index contributed by atoms with van der Waals surface area (Å²) in [5.41, 5.74) is 1.98. The molecule has 0 unspecified atom stereocenters. The van der Waals surface area contributed by atoms with E-state index in [-0.39, 0.29) is 11.7 Å². The van der Waals surface area contributed by atoms with Gasteiger partial charge in [-0.1, -0.05) is 41.6 Å². The van der Waals surface area contributed by atoms with Gasteiger partial charge in [-0.25, -0.2) is 9.97 Å². The molecule has 0 aliphatic carbocycles. The van der Waals surface area contributed by atoms with Gasteiger partial charge in [-0.2, -0.15) is 0 Å². The third-order valence-electron chi connectivity index (χ3n) is 4.83. The topological polar surface area (TPSA) is 61.4 Å². The van der Waals surface area contributed by atoms with E-state index in [4.69, 9.17) is 11.6 Å². The molecule has 0 saturated carbocycles. The SMILES string of the molecule is O=C(CSc1cc(N2CCN(c3ccccc3)CC2)ncn1)Nc1ccc(Cl)cc1. The van der Waals surface area contributed by atoms with E-state index in [2.05, 4.69) is 49.4 Å². The Kier molecular flexibility index (Phi) is 6.71. The zero-order chi connectivity index (χ0) is 20.8. The zero-order valence-electron chi connectivity index (χ0n) is 16.4. The third kappa shape index (κ3) is 5.43. The second-order valence-corrected chi connectivity index (χ2v) is 8.30. The van der Waals surface area contributed by atoms with Crippen LogP contribution in [0.5, 0.6) is 0 Å². The molecule has 4 rings (SSSR count). The Hall–Kier alpha value is -2.77. The number of halogens is 1. The number of rotatable bonds is 6. The predicted molar refractivity (Wildman–Crippen MR) is 124 cm³/mol. The number of nitrogens with one attached hydrogen (secondary N) is 1. The van der Waals surface area contributed by atoms with Gasteiger partial charge in [-0.15, -0.1) is 0 Å². The molecule has 6 nitrogen and oxygen atoms in total. The van der Waals surface area contributed by atoms with Gasteiger partial charge in [-0.3, -0.25) is 4.79 Å². The van der Waals surface area contributed by atoms with E-state index in [0.717, 1.165) is 42.7 Å². The molecule has 1 aromatic heterocycles. The van der Waals surface area contributed by atoms with Crippen molar-refractivity contribution in [3.8, 4) is 0 Å². The standard InChI is InChI=1S/C22H22ClN5OS/c23-17-6-8-18(9-7-17)26-21(29)15-30-22-14-20(24-16-25-22)28-12-10-27(11-13-28)19-4-2-1-3-5-19/h1-9,14,16H,10-13,15H2,(H,26,29). The Morgan fingerprint density at radius 3 is 2.40 bits per heavy atom. The van der Waals surface area contributed by atoms with Gasteiger partial charge in [-0.05, 0) is 36.4 Å². The van der Waals surface area contributed by atoms with Gasteiger partial charge in [0.25, 0.3) is 0 Å². The van der Waals surface area contributed by atoms with Gasteiger partial charge in [0.2, 0.25) is 5.91 Å². The molecule has 154 valence electrons. The normalized spacial score (nSPS) is 13.9. The van der Waals surface area contributed by atoms with Crippen LogP contribution >= 0.6 is 23.4 Å². The number of amides is 1. The van der Waals surface area contributed by atoms with E-state index in [9.17, 15) is 4.79 Å². The smallest absolute Gasteiger partial charge is 0.234 e. The van der Waals surface area contributed by atoms with Crippen LogP contribution in [-0.2, 0) is 4.79 Å². The third-order valence-corrected chi connectivity index (χ3v) is 6.01. The lowest BCUT2D eigenvalue weighted by Gasteiger charge is -2.36. The number of para-hydroxylation sites is 1. The van der Waals surface area contributed by atoms with Crippen LogP contribution in [0, 0.1) is 0 Å². The number of thioether (sulfide) groups is 1. The molecule has 1 aliphatic rings. The molecule has 0 radical (unpaired) electrons. The van der Waals surface area contributed by atoms with Gasteiger partial charge in [0.1, 0.15) is 17.2 Å². The summed E-state index contributed by atoms with van der Waals surface area (Å²) < 4.78 is 0. The van der Waals surface area contributed by atoms with Crippen molar-refractivity contribution in [2.24, 2.45) is 0 Å². The van der Waals surface area contributed by atoms with Gasteiger partial charge in [0, 0.05) is 48.6 Å². The van der Waals surface area contributed by atoms with E-state index >= 15 is 0 Å². The molecule has 2 aromatic carbocycles. The van der Waals surface area contributed by atoms with Gasteiger partial charge < -0.3 is 15.1 Å². The summed E-state index contributed by atoms with van der Waals surface area (Å²) in [6.07, 6.45) is 1.57.